The number of fused-ring (bicyclic) bond motifs is 1. The number of carbonyl (C=O) groups excluding carboxylic acids is 1. The molecule has 5 heteroatoms. The maximum Gasteiger partial charge on any atom is 0.278 e. The third-order valence-electron chi connectivity index (χ3n) is 3.87. The zero-order chi connectivity index (χ0) is 17.1. The summed E-state index contributed by atoms with van der Waals surface area (Å²) in [5.41, 5.74) is 2.53. The number of hydrogen-bond acceptors (Lipinski definition) is 4. The number of aromatic nitrogens is 2. The van der Waals surface area contributed by atoms with Crippen LogP contribution in [0.25, 0.3) is 11.0 Å². The van der Waals surface area contributed by atoms with Crippen LogP contribution in [0.1, 0.15) is 16.2 Å². The predicted octanol–water partition coefficient (Wildman–Crippen LogP) is 4.07. The van der Waals surface area contributed by atoms with Crippen LogP contribution in [0.2, 0.25) is 0 Å². The van der Waals surface area contributed by atoms with Gasteiger partial charge in [-0.2, -0.15) is 0 Å². The van der Waals surface area contributed by atoms with Crippen LogP contribution in [0.3, 0.4) is 0 Å². The van der Waals surface area contributed by atoms with Crippen LogP contribution in [-0.4, -0.2) is 15.9 Å². The number of para-hydroxylation sites is 3. The minimum atomic E-state index is -0.221. The Labute approximate surface area is 144 Å². The first-order valence-electron chi connectivity index (χ1n) is 7.92. The fourth-order valence-electron chi connectivity index (χ4n) is 2.65. The molecule has 0 N–H and O–H groups in total. The highest BCUT2D eigenvalue weighted by Crippen LogP contribution is 2.20. The number of carbonyl (C=O) groups is 1. The molecule has 0 fully saturated rings. The van der Waals surface area contributed by atoms with Gasteiger partial charge in [-0.1, -0.05) is 30.3 Å². The molecule has 4 rings (SSSR count). The molecule has 2 heterocycles. The van der Waals surface area contributed by atoms with Crippen LogP contribution in [0.4, 0.5) is 5.69 Å². The van der Waals surface area contributed by atoms with Gasteiger partial charge in [-0.25, -0.2) is 4.98 Å². The third-order valence-corrected chi connectivity index (χ3v) is 3.87. The minimum absolute atomic E-state index is 0.221. The number of amides is 1. The van der Waals surface area contributed by atoms with Gasteiger partial charge in [-0.15, -0.1) is 0 Å². The van der Waals surface area contributed by atoms with Gasteiger partial charge in [-0.3, -0.25) is 14.7 Å². The summed E-state index contributed by atoms with van der Waals surface area (Å²) in [5, 5.41) is 0. The van der Waals surface area contributed by atoms with Gasteiger partial charge in [0.05, 0.1) is 30.0 Å². The van der Waals surface area contributed by atoms with E-state index in [1.54, 1.807) is 17.2 Å². The minimum Gasteiger partial charge on any atom is -0.467 e. The van der Waals surface area contributed by atoms with Crippen LogP contribution in [-0.2, 0) is 6.54 Å². The van der Waals surface area contributed by atoms with E-state index in [0.29, 0.717) is 23.5 Å². The molecule has 0 bridgehead atoms. The van der Waals surface area contributed by atoms with Gasteiger partial charge in [0.25, 0.3) is 5.91 Å². The van der Waals surface area contributed by atoms with E-state index in [-0.39, 0.29) is 5.91 Å². The number of benzene rings is 2. The Morgan fingerprint density at radius 2 is 1.68 bits per heavy atom. The number of furan rings is 1. The quantitative estimate of drug-likeness (QED) is 0.566. The van der Waals surface area contributed by atoms with Gasteiger partial charge in [0.2, 0.25) is 0 Å². The zero-order valence-corrected chi connectivity index (χ0v) is 13.4. The van der Waals surface area contributed by atoms with Crippen LogP contribution in [0.5, 0.6) is 0 Å². The molecule has 0 unspecified atom stereocenters. The normalized spacial score (nSPS) is 10.7. The Morgan fingerprint density at radius 1 is 0.920 bits per heavy atom. The van der Waals surface area contributed by atoms with E-state index in [2.05, 4.69) is 9.97 Å². The van der Waals surface area contributed by atoms with Crippen molar-refractivity contribution in [2.24, 2.45) is 0 Å². The Balaban J connectivity index is 1.73. The van der Waals surface area contributed by atoms with E-state index in [0.717, 1.165) is 11.2 Å². The van der Waals surface area contributed by atoms with Crippen molar-refractivity contribution in [2.45, 2.75) is 6.54 Å². The molecule has 1 amide bonds. The van der Waals surface area contributed by atoms with Crippen LogP contribution in [0.15, 0.2) is 83.6 Å². The van der Waals surface area contributed by atoms with Crippen LogP contribution >= 0.6 is 0 Å². The van der Waals surface area contributed by atoms with Crippen molar-refractivity contribution in [1.29, 1.82) is 0 Å². The smallest absolute Gasteiger partial charge is 0.278 e. The summed E-state index contributed by atoms with van der Waals surface area (Å²) in [5.74, 6) is 0.479. The molecule has 0 atom stereocenters. The van der Waals surface area contributed by atoms with Gasteiger partial charge >= 0.3 is 0 Å². The SMILES string of the molecule is O=C(c1cnc2ccccc2n1)N(Cc1ccco1)c1ccccc1. The van der Waals surface area contributed by atoms with Crippen molar-refractivity contribution in [2.75, 3.05) is 4.90 Å². The second-order valence-corrected chi connectivity index (χ2v) is 5.55. The molecule has 2 aromatic heterocycles. The Hall–Kier alpha value is -3.47. The monoisotopic (exact) mass is 329 g/mol. The number of hydrogen-bond donors (Lipinski definition) is 0. The molecule has 2 aromatic carbocycles. The van der Waals surface area contributed by atoms with E-state index in [1.165, 1.54) is 6.20 Å². The second kappa shape index (κ2) is 6.57. The van der Waals surface area contributed by atoms with Gasteiger partial charge in [0.1, 0.15) is 11.5 Å². The average Bonchev–Trinajstić information content (AvgIpc) is 3.19. The highest BCUT2D eigenvalue weighted by Gasteiger charge is 2.21. The lowest BCUT2D eigenvalue weighted by Gasteiger charge is -2.21. The van der Waals surface area contributed by atoms with E-state index >= 15 is 0 Å². The summed E-state index contributed by atoms with van der Waals surface area (Å²) in [4.78, 5) is 23.5. The average molecular weight is 329 g/mol. The van der Waals surface area contributed by atoms with Crippen molar-refractivity contribution in [3.05, 3.63) is 90.6 Å². The maximum absolute atomic E-state index is 13.1. The van der Waals surface area contributed by atoms with Crippen LogP contribution in [0, 0.1) is 0 Å². The number of anilines is 1. The predicted molar refractivity (Wildman–Crippen MR) is 95.2 cm³/mol. The fourth-order valence-corrected chi connectivity index (χ4v) is 2.65. The molecule has 25 heavy (non-hydrogen) atoms. The Bertz CT molecular complexity index is 998. The lowest BCUT2D eigenvalue weighted by molar-refractivity contribution is 0.0978. The molecular formula is C20H15N3O2. The largest absolute Gasteiger partial charge is 0.467 e. The van der Waals surface area contributed by atoms with Crippen molar-refractivity contribution in [1.82, 2.24) is 9.97 Å². The van der Waals surface area contributed by atoms with E-state index in [1.807, 2.05) is 60.7 Å². The summed E-state index contributed by atoms with van der Waals surface area (Å²) in [7, 11) is 0. The second-order valence-electron chi connectivity index (χ2n) is 5.55. The summed E-state index contributed by atoms with van der Waals surface area (Å²) in [6, 6.07) is 20.6. The van der Waals surface area contributed by atoms with Gasteiger partial charge in [0, 0.05) is 5.69 Å². The lowest BCUT2D eigenvalue weighted by Crippen LogP contribution is -2.31. The standard InChI is InChI=1S/C20H15N3O2/c24-20(19-13-21-17-10-4-5-11-18(17)22-19)23(14-16-9-6-12-25-16)15-7-2-1-3-8-15/h1-13H,14H2. The van der Waals surface area contributed by atoms with Crippen molar-refractivity contribution in [3.63, 3.8) is 0 Å². The van der Waals surface area contributed by atoms with Crippen molar-refractivity contribution in [3.8, 4) is 0 Å². The van der Waals surface area contributed by atoms with Gasteiger partial charge in [-0.05, 0) is 36.4 Å². The molecule has 4 aromatic rings. The van der Waals surface area contributed by atoms with Crippen LogP contribution < -0.4 is 4.90 Å². The molecule has 5 nitrogen and oxygen atoms in total. The lowest BCUT2D eigenvalue weighted by atomic mass is 10.2. The Kier molecular flexibility index (Phi) is 3.96. The molecule has 122 valence electrons. The Morgan fingerprint density at radius 3 is 2.44 bits per heavy atom. The first-order valence-corrected chi connectivity index (χ1v) is 7.92. The van der Waals surface area contributed by atoms with E-state index in [9.17, 15) is 4.79 Å². The van der Waals surface area contributed by atoms with Crippen molar-refractivity contribution >= 4 is 22.6 Å². The van der Waals surface area contributed by atoms with Gasteiger partial charge < -0.3 is 4.42 Å². The highest BCUT2D eigenvalue weighted by molar-refractivity contribution is 6.05. The maximum atomic E-state index is 13.1. The zero-order valence-electron chi connectivity index (χ0n) is 13.4. The molecule has 0 aliphatic rings. The fraction of sp³-hybridized carbons (Fsp3) is 0.0500. The topological polar surface area (TPSA) is 59.2 Å². The molecule has 0 saturated heterocycles. The molecule has 0 radical (unpaired) electrons. The molecule has 0 spiro atoms. The van der Waals surface area contributed by atoms with E-state index in [4.69, 9.17) is 4.42 Å². The molecular weight excluding hydrogens is 314 g/mol. The summed E-state index contributed by atoms with van der Waals surface area (Å²) in [6.45, 7) is 0.324. The number of nitrogens with zero attached hydrogens (tertiary/aromatic N) is 3. The summed E-state index contributed by atoms with van der Waals surface area (Å²) in [6.07, 6.45) is 3.11. The molecule has 0 aliphatic carbocycles. The van der Waals surface area contributed by atoms with E-state index < -0.39 is 0 Å². The highest BCUT2D eigenvalue weighted by atomic mass is 16.3. The third kappa shape index (κ3) is 3.12. The van der Waals surface area contributed by atoms with Gasteiger partial charge in [0.15, 0.2) is 0 Å². The first kappa shape index (κ1) is 15.1. The summed E-state index contributed by atoms with van der Waals surface area (Å²) >= 11 is 0. The summed E-state index contributed by atoms with van der Waals surface area (Å²) < 4.78 is 5.41. The number of rotatable bonds is 4. The molecule has 0 saturated carbocycles. The first-order chi connectivity index (χ1) is 12.3. The van der Waals surface area contributed by atoms with Crippen molar-refractivity contribution < 1.29 is 9.21 Å². The molecule has 0 aliphatic heterocycles.